The fraction of sp³-hybridized carbons (Fsp3) is 0.865. The molecule has 1 heterocycles. The summed E-state index contributed by atoms with van der Waals surface area (Å²) < 4.78 is 6.37. The molecule has 14 heteroatoms. The van der Waals surface area contributed by atoms with Crippen LogP contribution in [0.15, 0.2) is 0 Å². The lowest BCUT2D eigenvalue weighted by atomic mass is 9.83. The summed E-state index contributed by atoms with van der Waals surface area (Å²) in [7, 11) is 1.62. The van der Waals surface area contributed by atoms with Crippen LogP contribution >= 0.6 is 0 Å². The van der Waals surface area contributed by atoms with Crippen molar-refractivity contribution in [3.8, 4) is 0 Å². The molecule has 1 aliphatic heterocycles. The molecule has 5 amide bonds. The topological polar surface area (TPSA) is 212 Å². The van der Waals surface area contributed by atoms with Gasteiger partial charge in [0, 0.05) is 13.6 Å². The first-order chi connectivity index (χ1) is 24.2. The van der Waals surface area contributed by atoms with Gasteiger partial charge in [0.25, 0.3) is 0 Å². The van der Waals surface area contributed by atoms with E-state index in [0.29, 0.717) is 19.3 Å². The van der Waals surface area contributed by atoms with E-state index in [4.69, 9.17) is 10.5 Å². The molecule has 0 bridgehead atoms. The summed E-state index contributed by atoms with van der Waals surface area (Å²) in [6.07, 6.45) is 7.26. The lowest BCUT2D eigenvalue weighted by molar-refractivity contribution is -0.150. The Morgan fingerprint density at radius 1 is 0.843 bits per heavy atom. The molecular formula is C37H68N6O8. The van der Waals surface area contributed by atoms with Crippen LogP contribution in [-0.2, 0) is 28.7 Å². The highest BCUT2D eigenvalue weighted by molar-refractivity contribution is 5.96. The number of likely N-dealkylation sites (N-methyl/N-ethyl adjacent to an activating group) is 1. The van der Waals surface area contributed by atoms with E-state index in [9.17, 15) is 34.2 Å². The van der Waals surface area contributed by atoms with Gasteiger partial charge in [-0.2, -0.15) is 0 Å². The van der Waals surface area contributed by atoms with Crippen LogP contribution in [0.1, 0.15) is 125 Å². The van der Waals surface area contributed by atoms with Gasteiger partial charge in [0.05, 0.1) is 24.7 Å². The zero-order valence-electron chi connectivity index (χ0n) is 32.0. The van der Waals surface area contributed by atoms with Crippen LogP contribution in [0.2, 0.25) is 0 Å². The Labute approximate surface area is 305 Å². The van der Waals surface area contributed by atoms with E-state index >= 15 is 0 Å². The third-order valence-corrected chi connectivity index (χ3v) is 10.3. The number of ether oxygens (including phenoxy) is 1. The monoisotopic (exact) mass is 725 g/mol. The first-order valence-corrected chi connectivity index (χ1v) is 19.4. The van der Waals surface area contributed by atoms with Gasteiger partial charge < -0.3 is 46.9 Å². The van der Waals surface area contributed by atoms with E-state index in [1.165, 1.54) is 4.90 Å². The number of rotatable bonds is 14. The number of carbonyl (C=O) groups is 5. The molecule has 2 fully saturated rings. The maximum Gasteiger partial charge on any atom is 0.244 e. The van der Waals surface area contributed by atoms with Crippen molar-refractivity contribution in [3.05, 3.63) is 0 Å². The number of nitrogens with zero attached hydrogens (tertiary/aromatic N) is 1. The summed E-state index contributed by atoms with van der Waals surface area (Å²) in [5, 5.41) is 30.4. The zero-order valence-corrected chi connectivity index (χ0v) is 32.0. The van der Waals surface area contributed by atoms with Crippen molar-refractivity contribution < 1.29 is 38.9 Å². The van der Waals surface area contributed by atoms with Crippen molar-refractivity contribution in [2.75, 3.05) is 20.2 Å². The second-order valence-corrected chi connectivity index (χ2v) is 15.1. The number of hydrogen-bond donors (Lipinski definition) is 7. The molecule has 2 aliphatic rings. The lowest BCUT2D eigenvalue weighted by Crippen LogP contribution is -2.62. The summed E-state index contributed by atoms with van der Waals surface area (Å²) in [5.41, 5.74) is 6.00. The number of nitrogens with one attached hydrogen (secondary N) is 4. The molecule has 0 radical (unpaired) electrons. The van der Waals surface area contributed by atoms with Gasteiger partial charge in [-0.1, -0.05) is 72.6 Å². The summed E-state index contributed by atoms with van der Waals surface area (Å²) >= 11 is 0. The van der Waals surface area contributed by atoms with Gasteiger partial charge in [0.1, 0.15) is 30.4 Å². The second-order valence-electron chi connectivity index (χ2n) is 15.1. The molecule has 14 nitrogen and oxygen atoms in total. The predicted octanol–water partition coefficient (Wildman–Crippen LogP) is 1.84. The highest BCUT2D eigenvalue weighted by Crippen LogP contribution is 2.28. The molecule has 8 N–H and O–H groups in total. The van der Waals surface area contributed by atoms with Gasteiger partial charge in [0.15, 0.2) is 0 Å². The van der Waals surface area contributed by atoms with Crippen LogP contribution in [0.25, 0.3) is 0 Å². The Balaban J connectivity index is 2.56. The number of hydrogen-bond acceptors (Lipinski definition) is 9. The number of aliphatic hydroxyl groups excluding tert-OH is 2. The number of nitrogens with two attached hydrogens (primary N) is 1. The van der Waals surface area contributed by atoms with Crippen LogP contribution in [0, 0.1) is 17.8 Å². The predicted molar refractivity (Wildman–Crippen MR) is 195 cm³/mol. The Bertz CT molecular complexity index is 1100. The standard InChI is InChI=1S/C37H68N6O8/c1-7-8-9-13-19-31-24(4)37(50)43(6)30(20-23(2)3)35(48)42-32(26-15-11-10-12-16-26)36(49)41-29(21-38)34(47)40-28(18-14-17-27(45)22-44)33(46)39-25(5)51-31/h23-32,44-45H,7-22,38H2,1-6H3,(H,39,46)(H,40,47)(H,41,49)(H,42,48)/t24-,25+,27-,28+,29+,30+,31-,32+/m1/s1. The van der Waals surface area contributed by atoms with Gasteiger partial charge in [-0.3, -0.25) is 24.0 Å². The Morgan fingerprint density at radius 3 is 2.10 bits per heavy atom. The molecule has 0 aromatic rings. The molecule has 0 spiro atoms. The van der Waals surface area contributed by atoms with Crippen LogP contribution < -0.4 is 27.0 Å². The summed E-state index contributed by atoms with van der Waals surface area (Å²) in [6.45, 7) is 8.81. The summed E-state index contributed by atoms with van der Waals surface area (Å²) in [4.78, 5) is 71.0. The maximum absolute atomic E-state index is 14.2. The Kier molecular flexibility index (Phi) is 20.0. The smallest absolute Gasteiger partial charge is 0.244 e. The average Bonchev–Trinajstić information content (AvgIpc) is 3.11. The van der Waals surface area contributed by atoms with Gasteiger partial charge in [0.2, 0.25) is 29.5 Å². The molecule has 0 aromatic heterocycles. The van der Waals surface area contributed by atoms with Gasteiger partial charge >= 0.3 is 0 Å². The van der Waals surface area contributed by atoms with Gasteiger partial charge in [-0.15, -0.1) is 0 Å². The normalized spacial score (nSPS) is 29.1. The molecule has 2 rings (SSSR count). The minimum Gasteiger partial charge on any atom is -0.394 e. The largest absolute Gasteiger partial charge is 0.394 e. The first kappa shape index (κ1) is 44.4. The fourth-order valence-electron chi connectivity index (χ4n) is 7.12. The molecule has 51 heavy (non-hydrogen) atoms. The van der Waals surface area contributed by atoms with Crippen LogP contribution in [0.3, 0.4) is 0 Å². The summed E-state index contributed by atoms with van der Waals surface area (Å²) in [5.74, 6) is -3.22. The van der Waals surface area contributed by atoms with Gasteiger partial charge in [-0.05, 0) is 63.7 Å². The molecule has 294 valence electrons. The van der Waals surface area contributed by atoms with E-state index in [1.807, 2.05) is 13.8 Å². The number of unbranched alkanes of at least 4 members (excludes halogenated alkanes) is 3. The van der Waals surface area contributed by atoms with Crippen LogP contribution in [0.4, 0.5) is 0 Å². The fourth-order valence-corrected chi connectivity index (χ4v) is 7.12. The minimum atomic E-state index is -1.20. The molecule has 1 saturated carbocycles. The van der Waals surface area contributed by atoms with Crippen molar-refractivity contribution in [2.45, 2.75) is 167 Å². The van der Waals surface area contributed by atoms with Crippen molar-refractivity contribution in [1.82, 2.24) is 26.2 Å². The molecule has 0 unspecified atom stereocenters. The molecule has 0 aromatic carbocycles. The van der Waals surface area contributed by atoms with E-state index < -0.39 is 78.8 Å². The van der Waals surface area contributed by atoms with E-state index in [-0.39, 0.29) is 37.1 Å². The van der Waals surface area contributed by atoms with E-state index in [2.05, 4.69) is 28.2 Å². The highest BCUT2D eigenvalue weighted by atomic mass is 16.5. The third kappa shape index (κ3) is 14.6. The Hall–Kier alpha value is -2.81. The van der Waals surface area contributed by atoms with Crippen molar-refractivity contribution in [3.63, 3.8) is 0 Å². The molecule has 1 aliphatic carbocycles. The lowest BCUT2D eigenvalue weighted by Gasteiger charge is -2.36. The number of aliphatic hydroxyl groups is 2. The SMILES string of the molecule is CCCCCC[C@H]1O[C@@H](C)NC(=O)[C@H](CCC[C@@H](O)CO)NC(=O)[C@H](CN)NC(=O)[C@H](C2CCCCC2)NC(=O)[C@H](CC(C)C)N(C)C(=O)[C@@H]1C. The van der Waals surface area contributed by atoms with Gasteiger partial charge in [-0.25, -0.2) is 0 Å². The Morgan fingerprint density at radius 2 is 1.49 bits per heavy atom. The van der Waals surface area contributed by atoms with Crippen molar-refractivity contribution in [1.29, 1.82) is 0 Å². The van der Waals surface area contributed by atoms with E-state index in [0.717, 1.165) is 57.8 Å². The van der Waals surface area contributed by atoms with Crippen molar-refractivity contribution in [2.24, 2.45) is 23.5 Å². The summed E-state index contributed by atoms with van der Waals surface area (Å²) in [6, 6.07) is -4.08. The third-order valence-electron chi connectivity index (χ3n) is 10.3. The zero-order chi connectivity index (χ0) is 38.1. The van der Waals surface area contributed by atoms with E-state index in [1.54, 1.807) is 20.9 Å². The quantitative estimate of drug-likeness (QED) is 0.130. The van der Waals surface area contributed by atoms with Crippen LogP contribution in [0.5, 0.6) is 0 Å². The molecule has 8 atom stereocenters. The van der Waals surface area contributed by atoms with Crippen LogP contribution in [-0.4, -0.2) is 107 Å². The molecule has 1 saturated heterocycles. The minimum absolute atomic E-state index is 0.0626. The number of amides is 5. The second kappa shape index (κ2) is 23.0. The maximum atomic E-state index is 14.2. The molecular weight excluding hydrogens is 656 g/mol. The average molecular weight is 725 g/mol. The first-order valence-electron chi connectivity index (χ1n) is 19.4. The highest BCUT2D eigenvalue weighted by Gasteiger charge is 2.39. The number of carbonyl (C=O) groups excluding carboxylic acids is 5. The van der Waals surface area contributed by atoms with Crippen molar-refractivity contribution >= 4 is 29.5 Å².